The smallest absolute Gasteiger partial charge is 0.386 e. The summed E-state index contributed by atoms with van der Waals surface area (Å²) in [6, 6.07) is 0. The van der Waals surface area contributed by atoms with Crippen LogP contribution in [0, 0.1) is 0 Å². The minimum Gasteiger partial charge on any atom is -0.386 e. The lowest BCUT2D eigenvalue weighted by Crippen LogP contribution is -2.45. The van der Waals surface area contributed by atoms with Crippen molar-refractivity contribution in [2.45, 2.75) is 49.1 Å². The van der Waals surface area contributed by atoms with E-state index < -0.39 is 80.4 Å². The number of rotatable bonds is 2. The fourth-order valence-electron chi connectivity index (χ4n) is 5.24. The lowest BCUT2D eigenvalue weighted by atomic mass is 10.1. The number of phosphoric acid groups is 1. The third-order valence-electron chi connectivity index (χ3n) is 7.25. The van der Waals surface area contributed by atoms with E-state index in [9.17, 15) is 23.0 Å². The fourth-order valence-corrected chi connectivity index (χ4v) is 7.16. The van der Waals surface area contributed by atoms with Gasteiger partial charge in [-0.3, -0.25) is 18.2 Å². The average Bonchev–Trinajstić information content (AvgIpc) is 3.73. The first-order chi connectivity index (χ1) is 20.9. The molecule has 3 aliphatic heterocycles. The molecular weight excluding hydrogens is 636 g/mol. The number of fused-ring (bicyclic) bond motifs is 4. The van der Waals surface area contributed by atoms with E-state index in [0.717, 1.165) is 17.2 Å². The number of hydrogen-bond acceptors (Lipinski definition) is 17. The van der Waals surface area contributed by atoms with Crippen molar-refractivity contribution < 1.29 is 50.1 Å². The zero-order valence-electron chi connectivity index (χ0n) is 22.0. The van der Waals surface area contributed by atoms with Gasteiger partial charge in [0.05, 0.1) is 19.3 Å². The molecule has 24 heteroatoms. The molecule has 7 N–H and O–H groups in total. The number of imidazole rings is 2. The van der Waals surface area contributed by atoms with E-state index in [2.05, 4.69) is 34.6 Å². The predicted octanol–water partition coefficient (Wildman–Crippen LogP) is -1.94. The SMILES string of the molecule is Nc1ncnc2c1ncn2[C@@H]1O[C@@H]2COP(=O)(O)O[C@H]3[C@@H](F)[C@H](n4cnc5c(N)ncnc54)O[C@@H]3CNS(=O)(=O)O[C@H]2[C@H]1O. The summed E-state index contributed by atoms with van der Waals surface area (Å²) in [4.78, 5) is 34.4. The van der Waals surface area contributed by atoms with E-state index in [-0.39, 0.29) is 34.0 Å². The van der Waals surface area contributed by atoms with Gasteiger partial charge < -0.3 is 30.9 Å². The largest absolute Gasteiger partial charge is 0.472 e. The highest BCUT2D eigenvalue weighted by molar-refractivity contribution is 7.84. The molecule has 4 aromatic heterocycles. The Morgan fingerprint density at radius 3 is 2.16 bits per heavy atom. The van der Waals surface area contributed by atoms with Crippen LogP contribution in [0.25, 0.3) is 22.3 Å². The minimum atomic E-state index is -5.07. The summed E-state index contributed by atoms with van der Waals surface area (Å²) < 4.78 is 86.4. The van der Waals surface area contributed by atoms with Gasteiger partial charge in [-0.15, -0.1) is 0 Å². The van der Waals surface area contributed by atoms with Gasteiger partial charge in [0.1, 0.15) is 54.2 Å². The Morgan fingerprint density at radius 1 is 0.932 bits per heavy atom. The monoisotopic (exact) mass is 659 g/mol. The molecule has 0 spiro atoms. The van der Waals surface area contributed by atoms with Crippen molar-refractivity contribution in [1.82, 2.24) is 43.8 Å². The summed E-state index contributed by atoms with van der Waals surface area (Å²) in [7, 11) is -9.77. The van der Waals surface area contributed by atoms with E-state index in [1.165, 1.54) is 17.2 Å². The maximum absolute atomic E-state index is 15.9. The quantitative estimate of drug-likeness (QED) is 0.146. The first-order valence-electron chi connectivity index (χ1n) is 12.7. The van der Waals surface area contributed by atoms with Crippen molar-refractivity contribution >= 4 is 52.1 Å². The van der Waals surface area contributed by atoms with E-state index in [4.69, 9.17) is 34.2 Å². The predicted molar refractivity (Wildman–Crippen MR) is 141 cm³/mol. The second-order valence-electron chi connectivity index (χ2n) is 9.93. The van der Waals surface area contributed by atoms with Gasteiger partial charge in [0, 0.05) is 6.54 Å². The lowest BCUT2D eigenvalue weighted by molar-refractivity contribution is -0.0543. The van der Waals surface area contributed by atoms with E-state index in [1.807, 2.05) is 0 Å². The molecule has 3 saturated heterocycles. The zero-order chi connectivity index (χ0) is 31.0. The number of anilines is 2. The molecule has 0 saturated carbocycles. The molecule has 0 amide bonds. The van der Waals surface area contributed by atoms with Crippen LogP contribution in [0.15, 0.2) is 25.3 Å². The second kappa shape index (κ2) is 10.5. The molecule has 0 aliphatic carbocycles. The van der Waals surface area contributed by atoms with Crippen LogP contribution in [-0.2, 0) is 37.6 Å². The summed E-state index contributed by atoms with van der Waals surface area (Å²) in [6.45, 7) is -1.51. The Kier molecular flexibility index (Phi) is 7.00. The van der Waals surface area contributed by atoms with Crippen LogP contribution in [0.1, 0.15) is 12.5 Å². The number of ether oxygens (including phenoxy) is 2. The average molecular weight is 660 g/mol. The zero-order valence-corrected chi connectivity index (χ0v) is 23.7. The first-order valence-corrected chi connectivity index (χ1v) is 15.7. The summed E-state index contributed by atoms with van der Waals surface area (Å²) in [5.41, 5.74) is 12.2. The molecular formula is C20H23FN11O10PS. The Balaban J connectivity index is 1.17. The number of nitrogens with zero attached hydrogens (tertiary/aromatic N) is 8. The van der Waals surface area contributed by atoms with Crippen molar-refractivity contribution in [3.63, 3.8) is 0 Å². The van der Waals surface area contributed by atoms with Crippen molar-refractivity contribution in [3.8, 4) is 0 Å². The Hall–Kier alpha value is -3.51. The summed E-state index contributed by atoms with van der Waals surface area (Å²) in [6.07, 6.45) is -8.51. The Morgan fingerprint density at radius 2 is 1.52 bits per heavy atom. The van der Waals surface area contributed by atoms with Crippen LogP contribution in [-0.4, -0.2) is 107 Å². The van der Waals surface area contributed by atoms with Gasteiger partial charge >= 0.3 is 18.1 Å². The summed E-state index contributed by atoms with van der Waals surface area (Å²) in [5.74, 6) is 0.0520. The first kappa shape index (κ1) is 29.2. The fraction of sp³-hybridized carbons (Fsp3) is 0.500. The van der Waals surface area contributed by atoms with Gasteiger partial charge in [0.2, 0.25) is 0 Å². The maximum Gasteiger partial charge on any atom is 0.472 e. The van der Waals surface area contributed by atoms with E-state index in [0.29, 0.717) is 0 Å². The number of aliphatic hydroxyl groups is 1. The molecule has 9 atom stereocenters. The number of alkyl halides is 1. The van der Waals surface area contributed by atoms with Gasteiger partial charge in [-0.05, 0) is 0 Å². The van der Waals surface area contributed by atoms with Gasteiger partial charge in [-0.2, -0.15) is 13.1 Å². The van der Waals surface area contributed by atoms with Gasteiger partial charge in [0.15, 0.2) is 41.6 Å². The number of nitrogen functional groups attached to an aromatic ring is 2. The molecule has 3 fully saturated rings. The Labute approximate surface area is 245 Å². The topological polar surface area (TPSA) is 289 Å². The van der Waals surface area contributed by atoms with Crippen molar-refractivity contribution in [1.29, 1.82) is 0 Å². The highest BCUT2D eigenvalue weighted by Crippen LogP contribution is 2.50. The van der Waals surface area contributed by atoms with Crippen molar-refractivity contribution in [3.05, 3.63) is 25.3 Å². The van der Waals surface area contributed by atoms with Gasteiger partial charge in [-0.25, -0.2) is 43.0 Å². The normalized spacial score (nSPS) is 36.1. The maximum atomic E-state index is 15.9. The second-order valence-corrected chi connectivity index (χ2v) is 12.7. The molecule has 4 aromatic rings. The van der Waals surface area contributed by atoms with Crippen molar-refractivity contribution in [2.75, 3.05) is 24.6 Å². The summed E-state index contributed by atoms with van der Waals surface area (Å²) in [5, 5.41) is 11.1. The molecule has 3 aliphatic rings. The number of phosphoric ester groups is 1. The number of nitrogens with two attached hydrogens (primary N) is 2. The van der Waals surface area contributed by atoms with E-state index in [1.54, 1.807) is 0 Å². The number of halogens is 1. The molecule has 1 unspecified atom stereocenters. The number of aromatic nitrogens is 8. The number of nitrogens with one attached hydrogen (secondary N) is 1. The highest BCUT2D eigenvalue weighted by Gasteiger charge is 2.53. The van der Waals surface area contributed by atoms with Gasteiger partial charge in [-0.1, -0.05) is 0 Å². The Bertz CT molecular complexity index is 1900. The third kappa shape index (κ3) is 4.95. The van der Waals surface area contributed by atoms with Crippen LogP contribution in [0.2, 0.25) is 0 Å². The molecule has 0 aromatic carbocycles. The van der Waals surface area contributed by atoms with Gasteiger partial charge in [0.25, 0.3) is 0 Å². The van der Waals surface area contributed by atoms with Crippen LogP contribution in [0.4, 0.5) is 16.0 Å². The molecule has 236 valence electrons. The van der Waals surface area contributed by atoms with E-state index >= 15 is 4.39 Å². The molecule has 7 rings (SSSR count). The number of aliphatic hydroxyl groups excluding tert-OH is 1. The standard InChI is InChI=1S/C20H23FN11O10PS/c21-9-13-7(39-19(9)31-5-28-10-15(22)24-3-26-17(10)31)1-30-44(36,37)42-14-8(2-38-43(34,35)41-13)40-20(12(14)33)32-6-29-11-16(23)25-4-27-18(11)32/h3-9,12-14,19-20,30,33H,1-2H2,(H,34,35)(H2,22,24,26)(H2,23,25,27)/t7-,8-,9-,12-,13-,14-,19-,20-/m1/s1. The molecule has 7 heterocycles. The third-order valence-corrected chi connectivity index (χ3v) is 9.24. The highest BCUT2D eigenvalue weighted by atomic mass is 32.2. The van der Waals surface area contributed by atoms with Crippen LogP contribution in [0.5, 0.6) is 0 Å². The molecule has 0 radical (unpaired) electrons. The minimum absolute atomic E-state index is 0.0129. The van der Waals surface area contributed by atoms with Crippen LogP contribution >= 0.6 is 7.82 Å². The molecule has 21 nitrogen and oxygen atoms in total. The van der Waals surface area contributed by atoms with Crippen LogP contribution in [0.3, 0.4) is 0 Å². The molecule has 44 heavy (non-hydrogen) atoms. The van der Waals surface area contributed by atoms with Crippen LogP contribution < -0.4 is 16.2 Å². The molecule has 0 bridgehead atoms. The lowest BCUT2D eigenvalue weighted by Gasteiger charge is -2.26. The number of hydrogen-bond donors (Lipinski definition) is 5. The van der Waals surface area contributed by atoms with Crippen molar-refractivity contribution in [2.24, 2.45) is 0 Å². The summed E-state index contributed by atoms with van der Waals surface area (Å²) >= 11 is 0.